The van der Waals surface area contributed by atoms with Crippen molar-refractivity contribution in [1.82, 2.24) is 14.0 Å². The zero-order valence-electron chi connectivity index (χ0n) is 12.9. The molecule has 6 nitrogen and oxygen atoms in total. The standard InChI is InChI=1S/C16H21N3O3/c1-17(9-14(20)11-7-8-11)15(21)10-19-13-6-4-3-5-12(13)18(2)16(19)22/h3-6,11,14,20H,7-10H2,1-2H3. The number of aliphatic hydroxyl groups excluding tert-OH is 1. The van der Waals surface area contributed by atoms with Gasteiger partial charge in [0.05, 0.1) is 17.1 Å². The van der Waals surface area contributed by atoms with Gasteiger partial charge in [-0.15, -0.1) is 0 Å². The van der Waals surface area contributed by atoms with E-state index in [1.807, 2.05) is 24.3 Å². The molecule has 2 aromatic rings. The number of fused-ring (bicyclic) bond motifs is 1. The topological polar surface area (TPSA) is 67.5 Å². The molecule has 1 amide bonds. The van der Waals surface area contributed by atoms with Gasteiger partial charge < -0.3 is 10.0 Å². The van der Waals surface area contributed by atoms with Crippen molar-refractivity contribution in [2.75, 3.05) is 13.6 Å². The smallest absolute Gasteiger partial charge is 0.329 e. The molecule has 0 spiro atoms. The molecule has 0 saturated heterocycles. The Morgan fingerprint density at radius 3 is 2.64 bits per heavy atom. The van der Waals surface area contributed by atoms with Gasteiger partial charge in [-0.2, -0.15) is 0 Å². The summed E-state index contributed by atoms with van der Waals surface area (Å²) < 4.78 is 3.03. The second-order valence-corrected chi connectivity index (χ2v) is 6.10. The van der Waals surface area contributed by atoms with Gasteiger partial charge in [0.25, 0.3) is 0 Å². The summed E-state index contributed by atoms with van der Waals surface area (Å²) in [5.74, 6) is 0.161. The van der Waals surface area contributed by atoms with E-state index in [1.54, 1.807) is 18.7 Å². The van der Waals surface area contributed by atoms with Crippen molar-refractivity contribution in [3.63, 3.8) is 0 Å². The summed E-state index contributed by atoms with van der Waals surface area (Å²) in [6, 6.07) is 7.41. The van der Waals surface area contributed by atoms with E-state index in [0.29, 0.717) is 12.5 Å². The summed E-state index contributed by atoms with van der Waals surface area (Å²) in [4.78, 5) is 26.1. The fraction of sp³-hybridized carbons (Fsp3) is 0.500. The molecular weight excluding hydrogens is 282 g/mol. The number of hydrogen-bond donors (Lipinski definition) is 1. The lowest BCUT2D eigenvalue weighted by molar-refractivity contribution is -0.131. The lowest BCUT2D eigenvalue weighted by Gasteiger charge is -2.20. The van der Waals surface area contributed by atoms with Gasteiger partial charge in [-0.1, -0.05) is 12.1 Å². The molecule has 6 heteroatoms. The van der Waals surface area contributed by atoms with Crippen LogP contribution in [0, 0.1) is 5.92 Å². The number of hydrogen-bond acceptors (Lipinski definition) is 3. The third-order valence-corrected chi connectivity index (χ3v) is 4.40. The molecule has 1 fully saturated rings. The lowest BCUT2D eigenvalue weighted by atomic mass is 10.2. The number of nitrogens with zero attached hydrogens (tertiary/aromatic N) is 3. The normalized spacial score (nSPS) is 16.0. The van der Waals surface area contributed by atoms with Gasteiger partial charge in [0.15, 0.2) is 0 Å². The molecule has 118 valence electrons. The number of carbonyl (C=O) groups excluding carboxylic acids is 1. The Morgan fingerprint density at radius 1 is 1.36 bits per heavy atom. The largest absolute Gasteiger partial charge is 0.391 e. The molecule has 1 aromatic heterocycles. The zero-order valence-corrected chi connectivity index (χ0v) is 12.9. The first-order valence-electron chi connectivity index (χ1n) is 7.55. The molecule has 1 aromatic carbocycles. The van der Waals surface area contributed by atoms with Crippen molar-refractivity contribution >= 4 is 16.9 Å². The van der Waals surface area contributed by atoms with E-state index in [2.05, 4.69) is 0 Å². The van der Waals surface area contributed by atoms with Crippen molar-refractivity contribution in [2.45, 2.75) is 25.5 Å². The van der Waals surface area contributed by atoms with E-state index in [4.69, 9.17) is 0 Å². The van der Waals surface area contributed by atoms with Crippen molar-refractivity contribution in [3.8, 4) is 0 Å². The quantitative estimate of drug-likeness (QED) is 0.878. The number of imidazole rings is 1. The SMILES string of the molecule is CN(CC(O)C1CC1)C(=O)Cn1c(=O)n(C)c2ccccc21. The van der Waals surface area contributed by atoms with Crippen LogP contribution in [0.25, 0.3) is 11.0 Å². The van der Waals surface area contributed by atoms with Crippen LogP contribution in [0.3, 0.4) is 0 Å². The van der Waals surface area contributed by atoms with Crippen LogP contribution in [0.4, 0.5) is 0 Å². The Balaban J connectivity index is 1.79. The highest BCUT2D eigenvalue weighted by Gasteiger charge is 2.31. The Kier molecular flexibility index (Phi) is 3.78. The number of rotatable bonds is 5. The summed E-state index contributed by atoms with van der Waals surface area (Å²) in [5, 5.41) is 9.94. The zero-order chi connectivity index (χ0) is 15.9. The Hall–Kier alpha value is -2.08. The van der Waals surface area contributed by atoms with E-state index < -0.39 is 6.10 Å². The predicted molar refractivity (Wildman–Crippen MR) is 83.5 cm³/mol. The van der Waals surface area contributed by atoms with E-state index in [9.17, 15) is 14.7 Å². The molecule has 0 radical (unpaired) electrons. The molecule has 1 heterocycles. The minimum absolute atomic E-state index is 0.00588. The van der Waals surface area contributed by atoms with Crippen LogP contribution in [0.5, 0.6) is 0 Å². The molecule has 1 aliphatic carbocycles. The lowest BCUT2D eigenvalue weighted by Crippen LogP contribution is -2.39. The molecule has 1 aliphatic rings. The van der Waals surface area contributed by atoms with E-state index in [0.717, 1.165) is 23.9 Å². The molecule has 1 atom stereocenters. The fourth-order valence-corrected chi connectivity index (χ4v) is 2.78. The van der Waals surface area contributed by atoms with E-state index in [1.165, 1.54) is 9.47 Å². The summed E-state index contributed by atoms with van der Waals surface area (Å²) in [6.07, 6.45) is 1.61. The summed E-state index contributed by atoms with van der Waals surface area (Å²) in [6.45, 7) is 0.317. The van der Waals surface area contributed by atoms with Crippen LogP contribution in [0.15, 0.2) is 29.1 Å². The third kappa shape index (κ3) is 2.66. The maximum Gasteiger partial charge on any atom is 0.329 e. The average Bonchev–Trinajstić information content (AvgIpc) is 3.32. The number of para-hydroxylation sites is 2. The van der Waals surface area contributed by atoms with E-state index in [-0.39, 0.29) is 18.1 Å². The Bertz CT molecular complexity index is 758. The maximum atomic E-state index is 12.3. The maximum absolute atomic E-state index is 12.3. The number of amides is 1. The number of carbonyl (C=O) groups is 1. The van der Waals surface area contributed by atoms with Gasteiger partial charge in [-0.3, -0.25) is 13.9 Å². The van der Waals surface area contributed by atoms with Gasteiger partial charge >= 0.3 is 5.69 Å². The molecule has 22 heavy (non-hydrogen) atoms. The first-order valence-corrected chi connectivity index (χ1v) is 7.55. The molecule has 3 rings (SSSR count). The first-order chi connectivity index (χ1) is 10.5. The van der Waals surface area contributed by atoms with Gasteiger partial charge in [0, 0.05) is 20.6 Å². The Morgan fingerprint density at radius 2 is 2.00 bits per heavy atom. The highest BCUT2D eigenvalue weighted by atomic mass is 16.3. The van der Waals surface area contributed by atoms with E-state index >= 15 is 0 Å². The third-order valence-electron chi connectivity index (χ3n) is 4.40. The average molecular weight is 303 g/mol. The summed E-state index contributed by atoms with van der Waals surface area (Å²) >= 11 is 0. The van der Waals surface area contributed by atoms with Crippen LogP contribution >= 0.6 is 0 Å². The van der Waals surface area contributed by atoms with Crippen molar-refractivity contribution < 1.29 is 9.90 Å². The number of benzene rings is 1. The summed E-state index contributed by atoms with van der Waals surface area (Å²) in [7, 11) is 3.37. The van der Waals surface area contributed by atoms with Crippen LogP contribution < -0.4 is 5.69 Å². The van der Waals surface area contributed by atoms with Crippen molar-refractivity contribution in [3.05, 3.63) is 34.7 Å². The number of aromatic nitrogens is 2. The fourth-order valence-electron chi connectivity index (χ4n) is 2.78. The molecular formula is C16H21N3O3. The minimum Gasteiger partial charge on any atom is -0.391 e. The number of likely N-dealkylation sites (N-methyl/N-ethyl adjacent to an activating group) is 1. The van der Waals surface area contributed by atoms with Gasteiger partial charge in [-0.25, -0.2) is 4.79 Å². The van der Waals surface area contributed by atoms with Crippen LogP contribution in [-0.4, -0.2) is 44.7 Å². The second kappa shape index (κ2) is 5.61. The first kappa shape index (κ1) is 14.8. The van der Waals surface area contributed by atoms with Crippen LogP contribution in [-0.2, 0) is 18.4 Å². The van der Waals surface area contributed by atoms with Crippen molar-refractivity contribution in [2.24, 2.45) is 13.0 Å². The predicted octanol–water partition coefficient (Wildman–Crippen LogP) is 0.569. The molecule has 1 saturated carbocycles. The minimum atomic E-state index is -0.460. The van der Waals surface area contributed by atoms with Gasteiger partial charge in [0.1, 0.15) is 6.54 Å². The number of aryl methyl sites for hydroxylation is 1. The molecule has 1 N–H and O–H groups in total. The summed E-state index contributed by atoms with van der Waals surface area (Å²) in [5.41, 5.74) is 1.35. The van der Waals surface area contributed by atoms with Crippen LogP contribution in [0.1, 0.15) is 12.8 Å². The highest BCUT2D eigenvalue weighted by Crippen LogP contribution is 2.32. The molecule has 1 unspecified atom stereocenters. The Labute approximate surface area is 128 Å². The van der Waals surface area contributed by atoms with Crippen molar-refractivity contribution in [1.29, 1.82) is 0 Å². The second-order valence-electron chi connectivity index (χ2n) is 6.10. The molecule has 0 bridgehead atoms. The van der Waals surface area contributed by atoms with Gasteiger partial charge in [-0.05, 0) is 30.9 Å². The van der Waals surface area contributed by atoms with Gasteiger partial charge in [0.2, 0.25) is 5.91 Å². The molecule has 0 aliphatic heterocycles. The van der Waals surface area contributed by atoms with Crippen LogP contribution in [0.2, 0.25) is 0 Å². The monoisotopic (exact) mass is 303 g/mol. The number of aliphatic hydroxyl groups is 1. The highest BCUT2D eigenvalue weighted by molar-refractivity contribution is 5.80.